The number of rotatable bonds is 6. The number of hydrogen-bond acceptors (Lipinski definition) is 6. The van der Waals surface area contributed by atoms with Gasteiger partial charge in [0.05, 0.1) is 26.3 Å². The van der Waals surface area contributed by atoms with Crippen molar-refractivity contribution in [3.05, 3.63) is 63.5 Å². The smallest absolute Gasteiger partial charge is 0.271 e. The fourth-order valence-electron chi connectivity index (χ4n) is 3.25. The third kappa shape index (κ3) is 5.28. The molecule has 8 nitrogen and oxygen atoms in total. The van der Waals surface area contributed by atoms with E-state index in [0.717, 1.165) is 11.3 Å². The summed E-state index contributed by atoms with van der Waals surface area (Å²) in [6, 6.07) is 9.84. The molecule has 0 radical (unpaired) electrons. The largest absolute Gasteiger partial charge is 0.326 e. The summed E-state index contributed by atoms with van der Waals surface area (Å²) in [5, 5.41) is 4.44. The van der Waals surface area contributed by atoms with Crippen LogP contribution in [0.3, 0.4) is 0 Å². The van der Waals surface area contributed by atoms with Crippen molar-refractivity contribution in [2.75, 3.05) is 14.8 Å². The summed E-state index contributed by atoms with van der Waals surface area (Å²) in [5.41, 5.74) is 1.09. The maximum atomic E-state index is 13.1. The molecule has 2 aromatic carbocycles. The van der Waals surface area contributed by atoms with E-state index in [0.29, 0.717) is 30.5 Å². The van der Waals surface area contributed by atoms with Gasteiger partial charge in [0, 0.05) is 12.1 Å². The van der Waals surface area contributed by atoms with Gasteiger partial charge < -0.3 is 5.32 Å². The fraction of sp³-hybridized carbons (Fsp3) is 0.150. The number of amides is 1. The summed E-state index contributed by atoms with van der Waals surface area (Å²) in [6.45, 7) is 0. The van der Waals surface area contributed by atoms with Crippen LogP contribution in [0.4, 0.5) is 17.1 Å². The molecule has 33 heavy (non-hydrogen) atoms. The fourth-order valence-corrected chi connectivity index (χ4v) is 6.76. The van der Waals surface area contributed by atoms with Gasteiger partial charge in [-0.1, -0.05) is 29.3 Å². The number of carbonyl (C=O) groups excluding carboxylic acids is 1. The van der Waals surface area contributed by atoms with Crippen LogP contribution in [0, 0.1) is 0 Å². The molecule has 3 N–H and O–H groups in total. The molecule has 1 aliphatic rings. The number of halogens is 2. The van der Waals surface area contributed by atoms with E-state index in [1.165, 1.54) is 36.4 Å². The normalized spacial score (nSPS) is 14.2. The highest BCUT2D eigenvalue weighted by atomic mass is 35.5. The molecule has 3 aromatic rings. The van der Waals surface area contributed by atoms with E-state index in [1.807, 2.05) is 0 Å². The Labute approximate surface area is 205 Å². The lowest BCUT2D eigenvalue weighted by molar-refractivity contribution is -0.116. The summed E-state index contributed by atoms with van der Waals surface area (Å²) in [5.74, 6) is -0.124. The predicted octanol–water partition coefficient (Wildman–Crippen LogP) is 4.93. The van der Waals surface area contributed by atoms with Crippen molar-refractivity contribution in [2.24, 2.45) is 0 Å². The topological polar surface area (TPSA) is 121 Å². The van der Waals surface area contributed by atoms with Crippen LogP contribution in [0.5, 0.6) is 0 Å². The quantitative estimate of drug-likeness (QED) is 0.405. The molecule has 4 rings (SSSR count). The minimum Gasteiger partial charge on any atom is -0.326 e. The van der Waals surface area contributed by atoms with Crippen LogP contribution in [-0.4, -0.2) is 22.7 Å². The van der Waals surface area contributed by atoms with Gasteiger partial charge in [0.15, 0.2) is 0 Å². The second-order valence-electron chi connectivity index (χ2n) is 7.18. The van der Waals surface area contributed by atoms with E-state index in [1.54, 1.807) is 11.4 Å². The Hall–Kier alpha value is -2.31. The van der Waals surface area contributed by atoms with Gasteiger partial charge >= 0.3 is 0 Å². The molecule has 1 aliphatic heterocycles. The molecule has 0 fully saturated rings. The maximum Gasteiger partial charge on any atom is 0.271 e. The summed E-state index contributed by atoms with van der Waals surface area (Å²) in [6.07, 6.45) is 1.49. The van der Waals surface area contributed by atoms with Crippen LogP contribution < -0.4 is 14.8 Å². The molecule has 13 heteroatoms. The zero-order chi connectivity index (χ0) is 23.8. The highest BCUT2D eigenvalue weighted by Crippen LogP contribution is 2.36. The number of anilines is 3. The van der Waals surface area contributed by atoms with Crippen molar-refractivity contribution in [2.45, 2.75) is 28.4 Å². The average molecular weight is 546 g/mol. The molecule has 2 heterocycles. The van der Waals surface area contributed by atoms with Crippen molar-refractivity contribution < 1.29 is 21.6 Å². The van der Waals surface area contributed by atoms with Gasteiger partial charge in [-0.2, -0.15) is 0 Å². The number of nitrogens with one attached hydrogen (secondary N) is 3. The van der Waals surface area contributed by atoms with E-state index in [2.05, 4.69) is 14.8 Å². The van der Waals surface area contributed by atoms with E-state index in [9.17, 15) is 21.6 Å². The van der Waals surface area contributed by atoms with Crippen LogP contribution >= 0.6 is 34.5 Å². The minimum absolute atomic E-state index is 0.0399. The first-order chi connectivity index (χ1) is 15.5. The molecule has 1 amide bonds. The maximum absolute atomic E-state index is 13.1. The Morgan fingerprint density at radius 2 is 1.55 bits per heavy atom. The lowest BCUT2D eigenvalue weighted by Gasteiger charge is -2.16. The first kappa shape index (κ1) is 23.8. The summed E-state index contributed by atoms with van der Waals surface area (Å²) in [7, 11) is -8.10. The number of carbonyl (C=O) groups is 1. The molecule has 0 bridgehead atoms. The lowest BCUT2D eigenvalue weighted by Crippen LogP contribution is -2.17. The first-order valence-electron chi connectivity index (χ1n) is 9.56. The number of aryl methyl sites for hydroxylation is 1. The van der Waals surface area contributed by atoms with Gasteiger partial charge in [0.1, 0.15) is 4.21 Å². The van der Waals surface area contributed by atoms with Crippen molar-refractivity contribution >= 4 is 77.6 Å². The zero-order valence-electron chi connectivity index (χ0n) is 16.8. The number of benzene rings is 2. The van der Waals surface area contributed by atoms with Crippen molar-refractivity contribution in [1.29, 1.82) is 0 Å². The highest BCUT2D eigenvalue weighted by molar-refractivity contribution is 7.94. The molecule has 174 valence electrons. The molecule has 1 aromatic heterocycles. The van der Waals surface area contributed by atoms with E-state index >= 15 is 0 Å². The molecule has 0 spiro atoms. The van der Waals surface area contributed by atoms with Crippen LogP contribution in [0.25, 0.3) is 0 Å². The molecule has 0 saturated heterocycles. The van der Waals surface area contributed by atoms with Crippen LogP contribution in [0.15, 0.2) is 56.9 Å². The van der Waals surface area contributed by atoms with Gasteiger partial charge in [-0.25, -0.2) is 16.8 Å². The van der Waals surface area contributed by atoms with Crippen LogP contribution in [0.1, 0.15) is 18.4 Å². The van der Waals surface area contributed by atoms with Gasteiger partial charge in [0.25, 0.3) is 20.0 Å². The van der Waals surface area contributed by atoms with Gasteiger partial charge in [0.2, 0.25) is 5.91 Å². The van der Waals surface area contributed by atoms with Crippen molar-refractivity contribution in [3.63, 3.8) is 0 Å². The molecular weight excluding hydrogens is 529 g/mol. The van der Waals surface area contributed by atoms with Crippen molar-refractivity contribution in [3.8, 4) is 0 Å². The van der Waals surface area contributed by atoms with E-state index in [-0.39, 0.29) is 36.4 Å². The summed E-state index contributed by atoms with van der Waals surface area (Å²) >= 11 is 13.1. The molecule has 0 unspecified atom stereocenters. The molecule has 0 aliphatic carbocycles. The Balaban J connectivity index is 1.69. The second-order valence-corrected chi connectivity index (χ2v) is 12.5. The molecular formula is C20H17Cl2N3O5S3. The standard InChI is InChI=1S/C20H17Cl2N3O5S3/c21-14-10-17(18(11-15(14)22)25-33(29,30)20-5-2-8-31-20)24-32(27,28)13-6-7-16-12(9-13)3-1-4-19(26)23-16/h2,5-11,24-25H,1,3-4H2,(H,23,26). The van der Waals surface area contributed by atoms with E-state index in [4.69, 9.17) is 23.2 Å². The third-order valence-corrected chi connectivity index (χ3v) is 9.67. The summed E-state index contributed by atoms with van der Waals surface area (Å²) < 4.78 is 56.4. The SMILES string of the molecule is O=C1CCCc2cc(S(=O)(=O)Nc3cc(Cl)c(Cl)cc3NS(=O)(=O)c3cccs3)ccc2N1. The number of hydrogen-bond donors (Lipinski definition) is 3. The zero-order valence-corrected chi connectivity index (χ0v) is 20.7. The van der Waals surface area contributed by atoms with Crippen molar-refractivity contribution in [1.82, 2.24) is 0 Å². The lowest BCUT2D eigenvalue weighted by atomic mass is 10.1. The summed E-state index contributed by atoms with van der Waals surface area (Å²) in [4.78, 5) is 11.7. The average Bonchev–Trinajstić information content (AvgIpc) is 3.22. The molecule has 0 saturated carbocycles. The van der Waals surface area contributed by atoms with Gasteiger partial charge in [-0.15, -0.1) is 11.3 Å². The van der Waals surface area contributed by atoms with Crippen LogP contribution in [-0.2, 0) is 31.3 Å². The first-order valence-corrected chi connectivity index (χ1v) is 14.2. The molecule has 0 atom stereocenters. The van der Waals surface area contributed by atoms with Crippen LogP contribution in [0.2, 0.25) is 10.0 Å². The van der Waals surface area contributed by atoms with Gasteiger partial charge in [-0.3, -0.25) is 14.2 Å². The number of thiophene rings is 1. The second kappa shape index (κ2) is 9.15. The monoisotopic (exact) mass is 545 g/mol. The third-order valence-electron chi connectivity index (χ3n) is 4.82. The highest BCUT2D eigenvalue weighted by Gasteiger charge is 2.23. The van der Waals surface area contributed by atoms with E-state index < -0.39 is 20.0 Å². The number of sulfonamides is 2. The minimum atomic E-state index is -4.13. The Kier molecular flexibility index (Phi) is 6.61. The van der Waals surface area contributed by atoms with Gasteiger partial charge in [-0.05, 0) is 60.2 Å². The Bertz CT molecular complexity index is 1440. The number of fused-ring (bicyclic) bond motifs is 1. The predicted molar refractivity (Wildman–Crippen MR) is 130 cm³/mol. The Morgan fingerprint density at radius 1 is 0.879 bits per heavy atom. The Morgan fingerprint density at radius 3 is 2.18 bits per heavy atom.